The first kappa shape index (κ1) is 18.7. The lowest BCUT2D eigenvalue weighted by atomic mass is 10.2. The van der Waals surface area contributed by atoms with Crippen molar-refractivity contribution in [3.8, 4) is 11.5 Å². The maximum absolute atomic E-state index is 12.4. The predicted molar refractivity (Wildman–Crippen MR) is 99.8 cm³/mol. The molecule has 2 aromatic rings. The molecule has 0 aliphatic carbocycles. The number of hydrogen-bond donors (Lipinski definition) is 0. The van der Waals surface area contributed by atoms with Gasteiger partial charge in [-0.25, -0.2) is 0 Å². The highest BCUT2D eigenvalue weighted by atomic mass is 16.5. The van der Waals surface area contributed by atoms with Crippen molar-refractivity contribution >= 4 is 11.8 Å². The van der Waals surface area contributed by atoms with Crippen molar-refractivity contribution in [2.75, 3.05) is 39.4 Å². The normalized spacial score (nSPS) is 14.0. The molecule has 2 amide bonds. The highest BCUT2D eigenvalue weighted by molar-refractivity contribution is 5.94. The lowest BCUT2D eigenvalue weighted by Gasteiger charge is -2.34. The fourth-order valence-electron chi connectivity index (χ4n) is 2.91. The number of pyridine rings is 1. The third-order valence-corrected chi connectivity index (χ3v) is 4.33. The van der Waals surface area contributed by atoms with Crippen LogP contribution < -0.4 is 9.47 Å². The van der Waals surface area contributed by atoms with Crippen LogP contribution >= 0.6 is 0 Å². The minimum absolute atomic E-state index is 0.0549. The molecule has 27 heavy (non-hydrogen) atoms. The summed E-state index contributed by atoms with van der Waals surface area (Å²) in [5.41, 5.74) is 0.563. The summed E-state index contributed by atoms with van der Waals surface area (Å²) in [6.45, 7) is 4.34. The molecule has 0 bridgehead atoms. The fourth-order valence-corrected chi connectivity index (χ4v) is 2.91. The van der Waals surface area contributed by atoms with Crippen LogP contribution in [0.5, 0.6) is 11.5 Å². The van der Waals surface area contributed by atoms with Gasteiger partial charge in [-0.3, -0.25) is 14.6 Å². The zero-order valence-electron chi connectivity index (χ0n) is 15.3. The average molecular weight is 369 g/mol. The molecule has 0 atom stereocenters. The number of carbonyl (C=O) groups excluding carboxylic acids is 2. The quantitative estimate of drug-likeness (QED) is 0.777. The molecule has 2 heterocycles. The van der Waals surface area contributed by atoms with Gasteiger partial charge >= 0.3 is 0 Å². The summed E-state index contributed by atoms with van der Waals surface area (Å²) in [6.07, 6.45) is 3.20. The van der Waals surface area contributed by atoms with Crippen LogP contribution in [0.1, 0.15) is 17.3 Å². The molecule has 0 radical (unpaired) electrons. The van der Waals surface area contributed by atoms with Gasteiger partial charge in [-0.15, -0.1) is 0 Å². The molecule has 1 aromatic heterocycles. The Balaban J connectivity index is 1.50. The largest absolute Gasteiger partial charge is 0.490 e. The van der Waals surface area contributed by atoms with E-state index >= 15 is 0 Å². The number of carbonyl (C=O) groups is 2. The minimum atomic E-state index is -0.102. The van der Waals surface area contributed by atoms with E-state index in [1.807, 2.05) is 25.1 Å². The van der Waals surface area contributed by atoms with Gasteiger partial charge in [0.15, 0.2) is 18.1 Å². The van der Waals surface area contributed by atoms with Crippen molar-refractivity contribution in [2.24, 2.45) is 0 Å². The van der Waals surface area contributed by atoms with E-state index in [9.17, 15) is 9.59 Å². The zero-order chi connectivity index (χ0) is 19.1. The van der Waals surface area contributed by atoms with Crippen LogP contribution in [0.4, 0.5) is 0 Å². The SMILES string of the molecule is CCOc1ccccc1OCC(=O)N1CCN(C(=O)c2cccnc2)CC1. The van der Waals surface area contributed by atoms with Crippen molar-refractivity contribution in [1.82, 2.24) is 14.8 Å². The zero-order valence-corrected chi connectivity index (χ0v) is 15.3. The Hall–Kier alpha value is -3.09. The Morgan fingerprint density at radius 1 is 0.963 bits per heavy atom. The molecule has 1 aliphatic rings. The number of benzene rings is 1. The highest BCUT2D eigenvalue weighted by Gasteiger charge is 2.25. The van der Waals surface area contributed by atoms with Crippen molar-refractivity contribution in [3.05, 3.63) is 54.4 Å². The van der Waals surface area contributed by atoms with Crippen LogP contribution in [0, 0.1) is 0 Å². The van der Waals surface area contributed by atoms with Gasteiger partial charge in [0.1, 0.15) is 0 Å². The van der Waals surface area contributed by atoms with Gasteiger partial charge in [0.05, 0.1) is 12.2 Å². The molecular formula is C20H23N3O4. The molecule has 0 N–H and O–H groups in total. The summed E-state index contributed by atoms with van der Waals surface area (Å²) < 4.78 is 11.1. The van der Waals surface area contributed by atoms with Gasteiger partial charge in [-0.1, -0.05) is 12.1 Å². The third kappa shape index (κ3) is 4.75. The molecule has 0 spiro atoms. The van der Waals surface area contributed by atoms with E-state index in [1.54, 1.807) is 40.4 Å². The number of aromatic nitrogens is 1. The van der Waals surface area contributed by atoms with Crippen LogP contribution in [0.25, 0.3) is 0 Å². The van der Waals surface area contributed by atoms with Gasteiger partial charge < -0.3 is 19.3 Å². The number of rotatable bonds is 6. The molecule has 1 aliphatic heterocycles. The lowest BCUT2D eigenvalue weighted by Crippen LogP contribution is -2.51. The van der Waals surface area contributed by atoms with Gasteiger partial charge in [0, 0.05) is 38.6 Å². The van der Waals surface area contributed by atoms with Crippen molar-refractivity contribution in [2.45, 2.75) is 6.92 Å². The van der Waals surface area contributed by atoms with E-state index in [1.165, 1.54) is 0 Å². The predicted octanol–water partition coefficient (Wildman–Crippen LogP) is 1.84. The molecular weight excluding hydrogens is 346 g/mol. The van der Waals surface area contributed by atoms with Crippen LogP contribution in [-0.4, -0.2) is 66.0 Å². The molecule has 1 aromatic carbocycles. The Kier molecular flexibility index (Phi) is 6.25. The van der Waals surface area contributed by atoms with Gasteiger partial charge in [-0.2, -0.15) is 0 Å². The minimum Gasteiger partial charge on any atom is -0.490 e. The second-order valence-electron chi connectivity index (χ2n) is 6.08. The van der Waals surface area contributed by atoms with E-state index in [-0.39, 0.29) is 18.4 Å². The smallest absolute Gasteiger partial charge is 0.260 e. The van der Waals surface area contributed by atoms with Gasteiger partial charge in [-0.05, 0) is 31.2 Å². The Morgan fingerprint density at radius 3 is 2.26 bits per heavy atom. The number of hydrogen-bond acceptors (Lipinski definition) is 5. The Morgan fingerprint density at radius 2 is 1.63 bits per heavy atom. The maximum atomic E-state index is 12.4. The average Bonchev–Trinajstić information content (AvgIpc) is 2.73. The summed E-state index contributed by atoms with van der Waals surface area (Å²) in [7, 11) is 0. The highest BCUT2D eigenvalue weighted by Crippen LogP contribution is 2.26. The molecule has 0 unspecified atom stereocenters. The fraction of sp³-hybridized carbons (Fsp3) is 0.350. The lowest BCUT2D eigenvalue weighted by molar-refractivity contribution is -0.134. The standard InChI is InChI=1S/C20H23N3O4/c1-2-26-17-7-3-4-8-18(17)27-15-19(24)22-10-12-23(13-11-22)20(25)16-6-5-9-21-14-16/h3-9,14H,2,10-13,15H2,1H3. The molecule has 0 saturated carbocycles. The molecule has 1 saturated heterocycles. The van der Waals surface area contributed by atoms with E-state index < -0.39 is 0 Å². The molecule has 7 nitrogen and oxygen atoms in total. The summed E-state index contributed by atoms with van der Waals surface area (Å²) in [4.78, 5) is 32.3. The van der Waals surface area contributed by atoms with Crippen LogP contribution in [0.3, 0.4) is 0 Å². The first-order valence-corrected chi connectivity index (χ1v) is 9.00. The topological polar surface area (TPSA) is 72.0 Å². The number of amides is 2. The second kappa shape index (κ2) is 9.02. The van der Waals surface area contributed by atoms with Crippen molar-refractivity contribution in [1.29, 1.82) is 0 Å². The van der Waals surface area contributed by atoms with E-state index in [2.05, 4.69) is 4.98 Å². The van der Waals surface area contributed by atoms with E-state index in [0.717, 1.165) is 0 Å². The Bertz CT molecular complexity index is 774. The summed E-state index contributed by atoms with van der Waals surface area (Å²) >= 11 is 0. The summed E-state index contributed by atoms with van der Waals surface area (Å²) in [5, 5.41) is 0. The van der Waals surface area contributed by atoms with E-state index in [0.29, 0.717) is 49.8 Å². The van der Waals surface area contributed by atoms with Gasteiger partial charge in [0.2, 0.25) is 0 Å². The van der Waals surface area contributed by atoms with Crippen molar-refractivity contribution < 1.29 is 19.1 Å². The number of ether oxygens (including phenoxy) is 2. The van der Waals surface area contributed by atoms with E-state index in [4.69, 9.17) is 9.47 Å². The number of piperazine rings is 1. The Labute approximate surface area is 158 Å². The van der Waals surface area contributed by atoms with Gasteiger partial charge in [0.25, 0.3) is 11.8 Å². The summed E-state index contributed by atoms with van der Waals surface area (Å²) in [5.74, 6) is 1.02. The van der Waals surface area contributed by atoms with Crippen LogP contribution in [0.15, 0.2) is 48.8 Å². The number of para-hydroxylation sites is 2. The first-order valence-electron chi connectivity index (χ1n) is 9.00. The molecule has 7 heteroatoms. The second-order valence-corrected chi connectivity index (χ2v) is 6.08. The first-order chi connectivity index (χ1) is 13.2. The monoisotopic (exact) mass is 369 g/mol. The molecule has 142 valence electrons. The van der Waals surface area contributed by atoms with Crippen LogP contribution in [0.2, 0.25) is 0 Å². The maximum Gasteiger partial charge on any atom is 0.260 e. The van der Waals surface area contributed by atoms with Crippen LogP contribution in [-0.2, 0) is 4.79 Å². The van der Waals surface area contributed by atoms with Crippen molar-refractivity contribution in [3.63, 3.8) is 0 Å². The third-order valence-electron chi connectivity index (χ3n) is 4.33. The number of nitrogens with zero attached hydrogens (tertiary/aromatic N) is 3. The molecule has 3 rings (SSSR count). The summed E-state index contributed by atoms with van der Waals surface area (Å²) in [6, 6.07) is 10.8. The molecule has 1 fully saturated rings.